The van der Waals surface area contributed by atoms with Crippen molar-refractivity contribution < 1.29 is 14.6 Å². The normalized spacial score (nSPS) is 12.4. The van der Waals surface area contributed by atoms with E-state index in [1.54, 1.807) is 14.2 Å². The molecule has 100 valence electrons. The molecular formula is C13H20N2O3. The molecule has 5 heteroatoms. The van der Waals surface area contributed by atoms with Gasteiger partial charge in [-0.05, 0) is 31.8 Å². The highest BCUT2D eigenvalue weighted by atomic mass is 16.5. The summed E-state index contributed by atoms with van der Waals surface area (Å²) in [5.41, 5.74) is 1.12. The third-order valence-corrected chi connectivity index (χ3v) is 2.75. The second kappa shape index (κ2) is 6.98. The first-order chi connectivity index (χ1) is 8.56. The summed E-state index contributed by atoms with van der Waals surface area (Å²) in [6.07, 6.45) is 0. The van der Waals surface area contributed by atoms with E-state index in [2.05, 4.69) is 5.32 Å². The Morgan fingerprint density at radius 3 is 2.50 bits per heavy atom. The third-order valence-electron chi connectivity index (χ3n) is 2.75. The monoisotopic (exact) mass is 252 g/mol. The van der Waals surface area contributed by atoms with Crippen LogP contribution in [0.15, 0.2) is 24.3 Å². The molecule has 18 heavy (non-hydrogen) atoms. The first kappa shape index (κ1) is 14.5. The van der Waals surface area contributed by atoms with Crippen molar-refractivity contribution >= 4 is 5.97 Å². The van der Waals surface area contributed by atoms with Gasteiger partial charge in [-0.2, -0.15) is 0 Å². The predicted molar refractivity (Wildman–Crippen MR) is 69.8 cm³/mol. The first-order valence-electron chi connectivity index (χ1n) is 5.78. The van der Waals surface area contributed by atoms with E-state index >= 15 is 0 Å². The van der Waals surface area contributed by atoms with Crippen LogP contribution in [0.1, 0.15) is 5.56 Å². The molecule has 2 N–H and O–H groups in total. The molecule has 0 saturated heterocycles. The topological polar surface area (TPSA) is 61.8 Å². The van der Waals surface area contributed by atoms with Crippen molar-refractivity contribution in [3.63, 3.8) is 0 Å². The van der Waals surface area contributed by atoms with Crippen LogP contribution in [0.5, 0.6) is 5.75 Å². The summed E-state index contributed by atoms with van der Waals surface area (Å²) >= 11 is 0. The minimum absolute atomic E-state index is 0.456. The number of likely N-dealkylation sites (N-methyl/N-ethyl adjacent to an activating group) is 2. The third kappa shape index (κ3) is 4.35. The van der Waals surface area contributed by atoms with Crippen LogP contribution in [0.4, 0.5) is 0 Å². The lowest BCUT2D eigenvalue weighted by Gasteiger charge is -2.21. The van der Waals surface area contributed by atoms with Gasteiger partial charge < -0.3 is 15.2 Å². The minimum atomic E-state index is -0.834. The van der Waals surface area contributed by atoms with E-state index in [4.69, 9.17) is 9.84 Å². The van der Waals surface area contributed by atoms with Crippen LogP contribution in [-0.4, -0.2) is 49.8 Å². The van der Waals surface area contributed by atoms with E-state index in [1.807, 2.05) is 36.2 Å². The lowest BCUT2D eigenvalue weighted by Crippen LogP contribution is -2.43. The highest BCUT2D eigenvalue weighted by molar-refractivity contribution is 5.73. The van der Waals surface area contributed by atoms with Gasteiger partial charge in [0.1, 0.15) is 11.8 Å². The van der Waals surface area contributed by atoms with Crippen molar-refractivity contribution in [2.24, 2.45) is 0 Å². The van der Waals surface area contributed by atoms with Crippen molar-refractivity contribution in [3.05, 3.63) is 29.8 Å². The number of ether oxygens (including phenoxy) is 1. The zero-order valence-electron chi connectivity index (χ0n) is 11.0. The number of hydrogen-bond acceptors (Lipinski definition) is 4. The molecule has 0 spiro atoms. The van der Waals surface area contributed by atoms with E-state index in [0.29, 0.717) is 13.1 Å². The Hall–Kier alpha value is -1.59. The number of nitrogens with zero attached hydrogens (tertiary/aromatic N) is 1. The quantitative estimate of drug-likeness (QED) is 0.751. The molecule has 1 aromatic carbocycles. The van der Waals surface area contributed by atoms with Gasteiger partial charge in [0.25, 0.3) is 0 Å². The Morgan fingerprint density at radius 1 is 1.44 bits per heavy atom. The van der Waals surface area contributed by atoms with Crippen LogP contribution in [-0.2, 0) is 11.3 Å². The molecular weight excluding hydrogens is 232 g/mol. The van der Waals surface area contributed by atoms with Gasteiger partial charge in [-0.3, -0.25) is 9.69 Å². The maximum absolute atomic E-state index is 10.9. The van der Waals surface area contributed by atoms with Gasteiger partial charge in [0.05, 0.1) is 7.11 Å². The molecule has 0 fully saturated rings. The number of rotatable bonds is 7. The molecule has 1 rings (SSSR count). The minimum Gasteiger partial charge on any atom is -0.497 e. The van der Waals surface area contributed by atoms with Gasteiger partial charge in [0.2, 0.25) is 0 Å². The molecule has 0 bridgehead atoms. The van der Waals surface area contributed by atoms with Crippen molar-refractivity contribution in [2.75, 3.05) is 27.7 Å². The molecule has 0 aliphatic carbocycles. The van der Waals surface area contributed by atoms with Gasteiger partial charge in [-0.15, -0.1) is 0 Å². The fraction of sp³-hybridized carbons (Fsp3) is 0.462. The van der Waals surface area contributed by atoms with E-state index in [0.717, 1.165) is 11.3 Å². The van der Waals surface area contributed by atoms with Crippen LogP contribution in [0.3, 0.4) is 0 Å². The first-order valence-corrected chi connectivity index (χ1v) is 5.78. The van der Waals surface area contributed by atoms with Gasteiger partial charge >= 0.3 is 5.97 Å². The number of carboxylic acids is 1. The van der Waals surface area contributed by atoms with Gasteiger partial charge in [-0.25, -0.2) is 0 Å². The molecule has 5 nitrogen and oxygen atoms in total. The van der Waals surface area contributed by atoms with Crippen molar-refractivity contribution in [1.29, 1.82) is 0 Å². The summed E-state index contributed by atoms with van der Waals surface area (Å²) in [6, 6.07) is 7.20. The van der Waals surface area contributed by atoms with Gasteiger partial charge in [0, 0.05) is 13.1 Å². The molecule has 1 aromatic rings. The van der Waals surface area contributed by atoms with Crippen molar-refractivity contribution in [3.8, 4) is 5.75 Å². The van der Waals surface area contributed by atoms with Crippen LogP contribution < -0.4 is 10.1 Å². The second-order valence-corrected chi connectivity index (χ2v) is 4.22. The predicted octanol–water partition coefficient (Wildman–Crippen LogP) is 0.800. The van der Waals surface area contributed by atoms with Gasteiger partial charge in [-0.1, -0.05) is 12.1 Å². The molecule has 0 radical (unpaired) electrons. The highest BCUT2D eigenvalue weighted by Crippen LogP contribution is 2.12. The Bertz CT molecular complexity index is 378. The van der Waals surface area contributed by atoms with E-state index in [1.165, 1.54) is 0 Å². The zero-order valence-corrected chi connectivity index (χ0v) is 11.0. The summed E-state index contributed by atoms with van der Waals surface area (Å²) in [5.74, 6) is -0.0147. The number of carbonyl (C=O) groups is 1. The Balaban J connectivity index is 2.52. The fourth-order valence-corrected chi connectivity index (χ4v) is 1.71. The lowest BCUT2D eigenvalue weighted by molar-refractivity contribution is -0.139. The average molecular weight is 252 g/mol. The van der Waals surface area contributed by atoms with Crippen LogP contribution in [0.25, 0.3) is 0 Å². The number of carboxylic acid groups (broad SMARTS) is 1. The van der Waals surface area contributed by atoms with Gasteiger partial charge in [0.15, 0.2) is 0 Å². The van der Waals surface area contributed by atoms with Crippen molar-refractivity contribution in [2.45, 2.75) is 12.6 Å². The molecule has 0 aliphatic heterocycles. The van der Waals surface area contributed by atoms with E-state index < -0.39 is 12.0 Å². The molecule has 0 heterocycles. The smallest absolute Gasteiger partial charge is 0.322 e. The molecule has 0 aliphatic rings. The number of hydrogen-bond donors (Lipinski definition) is 2. The molecule has 1 unspecified atom stereocenters. The van der Waals surface area contributed by atoms with Crippen LogP contribution in [0, 0.1) is 0 Å². The zero-order chi connectivity index (χ0) is 13.5. The van der Waals surface area contributed by atoms with E-state index in [-0.39, 0.29) is 0 Å². The number of methoxy groups -OCH3 is 1. The van der Waals surface area contributed by atoms with Crippen LogP contribution in [0.2, 0.25) is 0 Å². The maximum atomic E-state index is 10.9. The lowest BCUT2D eigenvalue weighted by atomic mass is 10.2. The molecule has 1 atom stereocenters. The number of nitrogens with one attached hydrogen (secondary N) is 1. The maximum Gasteiger partial charge on any atom is 0.322 e. The summed E-state index contributed by atoms with van der Waals surface area (Å²) in [7, 11) is 5.18. The second-order valence-electron chi connectivity index (χ2n) is 4.22. The average Bonchev–Trinajstić information content (AvgIpc) is 2.36. The Morgan fingerprint density at radius 2 is 2.06 bits per heavy atom. The number of benzene rings is 1. The summed E-state index contributed by atoms with van der Waals surface area (Å²) in [5, 5.41) is 11.7. The fourth-order valence-electron chi connectivity index (χ4n) is 1.71. The standard InChI is InChI=1S/C13H20N2O3/c1-14-12(13(16)17)9-15(2)8-10-4-6-11(18-3)7-5-10/h4-7,12,14H,8-9H2,1-3H3,(H,16,17). The summed E-state index contributed by atoms with van der Waals surface area (Å²) in [4.78, 5) is 12.9. The number of aliphatic carboxylic acids is 1. The largest absolute Gasteiger partial charge is 0.497 e. The Labute approximate surface area is 107 Å². The molecule has 0 amide bonds. The van der Waals surface area contributed by atoms with Crippen molar-refractivity contribution in [1.82, 2.24) is 10.2 Å². The Kier molecular flexibility index (Phi) is 5.61. The van der Waals surface area contributed by atoms with Crippen LogP contribution >= 0.6 is 0 Å². The molecule has 0 aromatic heterocycles. The molecule has 0 saturated carbocycles. The highest BCUT2D eigenvalue weighted by Gasteiger charge is 2.16. The SMILES string of the molecule is CNC(CN(C)Cc1ccc(OC)cc1)C(=O)O. The summed E-state index contributed by atoms with van der Waals surface area (Å²) in [6.45, 7) is 1.16. The summed E-state index contributed by atoms with van der Waals surface area (Å²) < 4.78 is 5.09. The van der Waals surface area contributed by atoms with E-state index in [9.17, 15) is 4.79 Å².